The highest BCUT2D eigenvalue weighted by atomic mass is 32.1. The number of carbonyl (C=O) groups excluding carboxylic acids is 1. The van der Waals surface area contributed by atoms with E-state index in [0.717, 1.165) is 29.1 Å². The normalized spacial score (nSPS) is 15.7. The Morgan fingerprint density at radius 3 is 2.95 bits per heavy atom. The van der Waals surface area contributed by atoms with Gasteiger partial charge < -0.3 is 14.4 Å². The highest BCUT2D eigenvalue weighted by Gasteiger charge is 2.19. The van der Waals surface area contributed by atoms with Crippen LogP contribution in [0.3, 0.4) is 0 Å². The van der Waals surface area contributed by atoms with Crippen molar-refractivity contribution in [2.75, 3.05) is 38.3 Å². The van der Waals surface area contributed by atoms with Crippen LogP contribution < -0.4 is 4.90 Å². The molecule has 7 heteroatoms. The Bertz CT molecular complexity index is 607. The lowest BCUT2D eigenvalue weighted by Gasteiger charge is -2.28. The summed E-state index contributed by atoms with van der Waals surface area (Å²) in [4.78, 5) is 23.6. The molecule has 6 nitrogen and oxygen atoms in total. The lowest BCUT2D eigenvalue weighted by atomic mass is 10.3. The molecule has 0 aromatic carbocycles. The average molecular weight is 279 g/mol. The standard InChI is InChI=1S/C12H13N3O3S/c1-17-12(16)9-6-8-10(13-7-14-11(8)19-9)15-2-4-18-5-3-15/h6-7H,2-5H2,1H3. The Labute approximate surface area is 114 Å². The maximum atomic E-state index is 11.6. The first-order chi connectivity index (χ1) is 9.29. The van der Waals surface area contributed by atoms with Gasteiger partial charge >= 0.3 is 5.97 Å². The Hall–Kier alpha value is -1.73. The van der Waals surface area contributed by atoms with Gasteiger partial charge in [-0.2, -0.15) is 0 Å². The van der Waals surface area contributed by atoms with Crippen molar-refractivity contribution in [2.24, 2.45) is 0 Å². The molecule has 0 atom stereocenters. The lowest BCUT2D eigenvalue weighted by Crippen LogP contribution is -2.36. The summed E-state index contributed by atoms with van der Waals surface area (Å²) >= 11 is 1.32. The summed E-state index contributed by atoms with van der Waals surface area (Å²) in [7, 11) is 1.38. The quantitative estimate of drug-likeness (QED) is 0.772. The summed E-state index contributed by atoms with van der Waals surface area (Å²) < 4.78 is 10.1. The number of carbonyl (C=O) groups is 1. The van der Waals surface area contributed by atoms with Gasteiger partial charge in [0.15, 0.2) is 0 Å². The third kappa shape index (κ3) is 2.26. The molecule has 0 spiro atoms. The number of thiophene rings is 1. The molecule has 0 aliphatic carbocycles. The van der Waals surface area contributed by atoms with E-state index in [4.69, 9.17) is 9.47 Å². The van der Waals surface area contributed by atoms with E-state index in [2.05, 4.69) is 14.9 Å². The summed E-state index contributed by atoms with van der Waals surface area (Å²) in [5.41, 5.74) is 0. The van der Waals surface area contributed by atoms with Crippen LogP contribution in [0.25, 0.3) is 10.2 Å². The van der Waals surface area contributed by atoms with Gasteiger partial charge in [0.05, 0.1) is 25.7 Å². The molecule has 0 bridgehead atoms. The molecule has 0 amide bonds. The lowest BCUT2D eigenvalue weighted by molar-refractivity contribution is 0.0606. The maximum absolute atomic E-state index is 11.6. The molecule has 1 aliphatic rings. The van der Waals surface area contributed by atoms with E-state index >= 15 is 0 Å². The highest BCUT2D eigenvalue weighted by molar-refractivity contribution is 7.20. The molecule has 1 fully saturated rings. The van der Waals surface area contributed by atoms with Crippen molar-refractivity contribution in [1.29, 1.82) is 0 Å². The van der Waals surface area contributed by atoms with Crippen LogP contribution in [0.15, 0.2) is 12.4 Å². The molecule has 3 rings (SSSR count). The van der Waals surface area contributed by atoms with Gasteiger partial charge in [-0.1, -0.05) is 0 Å². The maximum Gasteiger partial charge on any atom is 0.348 e. The molecule has 100 valence electrons. The third-order valence-electron chi connectivity index (χ3n) is 3.01. The number of anilines is 1. The number of nitrogens with zero attached hydrogens (tertiary/aromatic N) is 3. The summed E-state index contributed by atoms with van der Waals surface area (Å²) in [6.45, 7) is 2.99. The molecule has 1 aliphatic heterocycles. The predicted octanol–water partition coefficient (Wildman–Crippen LogP) is 1.31. The van der Waals surface area contributed by atoms with Gasteiger partial charge in [-0.3, -0.25) is 0 Å². The Morgan fingerprint density at radius 2 is 2.21 bits per heavy atom. The number of esters is 1. The van der Waals surface area contributed by atoms with E-state index in [0.29, 0.717) is 18.1 Å². The first-order valence-electron chi connectivity index (χ1n) is 5.95. The van der Waals surface area contributed by atoms with Crippen LogP contribution in [0, 0.1) is 0 Å². The van der Waals surface area contributed by atoms with Crippen molar-refractivity contribution in [3.63, 3.8) is 0 Å². The van der Waals surface area contributed by atoms with E-state index in [1.807, 2.05) is 0 Å². The van der Waals surface area contributed by atoms with Crippen LogP contribution in [0.1, 0.15) is 9.67 Å². The van der Waals surface area contributed by atoms with Gasteiger partial charge in [0.1, 0.15) is 21.9 Å². The number of fused-ring (bicyclic) bond motifs is 1. The fourth-order valence-electron chi connectivity index (χ4n) is 2.07. The van der Waals surface area contributed by atoms with Gasteiger partial charge in [-0.25, -0.2) is 14.8 Å². The second-order valence-corrected chi connectivity index (χ2v) is 5.15. The molecular formula is C12H13N3O3S. The van der Waals surface area contributed by atoms with E-state index in [-0.39, 0.29) is 5.97 Å². The first-order valence-corrected chi connectivity index (χ1v) is 6.77. The fourth-order valence-corrected chi connectivity index (χ4v) is 2.98. The smallest absolute Gasteiger partial charge is 0.348 e. The SMILES string of the molecule is COC(=O)c1cc2c(N3CCOCC3)ncnc2s1. The molecule has 3 heterocycles. The molecule has 1 saturated heterocycles. The van der Waals surface area contributed by atoms with Crippen LogP contribution in [-0.2, 0) is 9.47 Å². The number of hydrogen-bond donors (Lipinski definition) is 0. The van der Waals surface area contributed by atoms with Gasteiger partial charge in [0, 0.05) is 13.1 Å². The predicted molar refractivity (Wildman–Crippen MR) is 71.8 cm³/mol. The van der Waals surface area contributed by atoms with Crippen molar-refractivity contribution in [1.82, 2.24) is 9.97 Å². The molecule has 0 radical (unpaired) electrons. The topological polar surface area (TPSA) is 64.5 Å². The molecular weight excluding hydrogens is 266 g/mol. The summed E-state index contributed by atoms with van der Waals surface area (Å²) in [6.07, 6.45) is 1.53. The van der Waals surface area contributed by atoms with Crippen molar-refractivity contribution < 1.29 is 14.3 Å². The van der Waals surface area contributed by atoms with Gasteiger partial charge in [0.2, 0.25) is 0 Å². The summed E-state index contributed by atoms with van der Waals surface area (Å²) in [5.74, 6) is 0.524. The molecule has 2 aromatic rings. The van der Waals surface area contributed by atoms with Crippen molar-refractivity contribution in [3.8, 4) is 0 Å². The summed E-state index contributed by atoms with van der Waals surface area (Å²) in [5, 5.41) is 0.898. The molecule has 0 saturated carbocycles. The number of aromatic nitrogens is 2. The second-order valence-electron chi connectivity index (χ2n) is 4.12. The van der Waals surface area contributed by atoms with E-state index in [1.54, 1.807) is 6.07 Å². The van der Waals surface area contributed by atoms with Gasteiger partial charge in [-0.05, 0) is 6.07 Å². The van der Waals surface area contributed by atoms with Crippen molar-refractivity contribution >= 4 is 33.3 Å². The molecule has 0 unspecified atom stereocenters. The minimum Gasteiger partial charge on any atom is -0.465 e. The van der Waals surface area contributed by atoms with Gasteiger partial charge in [-0.15, -0.1) is 11.3 Å². The fraction of sp³-hybridized carbons (Fsp3) is 0.417. The number of ether oxygens (including phenoxy) is 2. The number of hydrogen-bond acceptors (Lipinski definition) is 7. The molecule has 2 aromatic heterocycles. The number of rotatable bonds is 2. The average Bonchev–Trinajstić information content (AvgIpc) is 2.91. The zero-order chi connectivity index (χ0) is 13.2. The zero-order valence-electron chi connectivity index (χ0n) is 10.5. The van der Waals surface area contributed by atoms with Crippen LogP contribution in [0.4, 0.5) is 5.82 Å². The minimum absolute atomic E-state index is 0.337. The van der Waals surface area contributed by atoms with Crippen LogP contribution in [0.2, 0.25) is 0 Å². The first kappa shape index (κ1) is 12.3. The Morgan fingerprint density at radius 1 is 1.42 bits per heavy atom. The van der Waals surface area contributed by atoms with Crippen molar-refractivity contribution in [3.05, 3.63) is 17.3 Å². The molecule has 19 heavy (non-hydrogen) atoms. The Kier molecular flexibility index (Phi) is 3.31. The van der Waals surface area contributed by atoms with E-state index in [9.17, 15) is 4.79 Å². The number of morpholine rings is 1. The highest BCUT2D eigenvalue weighted by Crippen LogP contribution is 2.30. The Balaban J connectivity index is 2.04. The number of methoxy groups -OCH3 is 1. The van der Waals surface area contributed by atoms with Crippen LogP contribution in [-0.4, -0.2) is 49.4 Å². The summed E-state index contributed by atoms with van der Waals surface area (Å²) in [6, 6.07) is 1.80. The van der Waals surface area contributed by atoms with Crippen molar-refractivity contribution in [2.45, 2.75) is 0 Å². The van der Waals surface area contributed by atoms with Gasteiger partial charge in [0.25, 0.3) is 0 Å². The zero-order valence-corrected chi connectivity index (χ0v) is 11.3. The van der Waals surface area contributed by atoms with E-state index in [1.165, 1.54) is 24.8 Å². The molecule has 0 N–H and O–H groups in total. The van der Waals surface area contributed by atoms with Crippen LogP contribution in [0.5, 0.6) is 0 Å². The minimum atomic E-state index is -0.337. The van der Waals surface area contributed by atoms with E-state index < -0.39 is 0 Å². The third-order valence-corrected chi connectivity index (χ3v) is 4.03. The monoisotopic (exact) mass is 279 g/mol. The van der Waals surface area contributed by atoms with Crippen LogP contribution >= 0.6 is 11.3 Å². The largest absolute Gasteiger partial charge is 0.465 e. The second kappa shape index (κ2) is 5.10.